The van der Waals surface area contributed by atoms with Crippen LogP contribution in [0.4, 0.5) is 0 Å². The summed E-state index contributed by atoms with van der Waals surface area (Å²) in [4.78, 5) is 13.9. The first-order chi connectivity index (χ1) is 16.6. The molecule has 0 saturated heterocycles. The zero-order chi connectivity index (χ0) is 24.5. The van der Waals surface area contributed by atoms with E-state index in [2.05, 4.69) is 41.5 Å². The Hall–Kier alpha value is -0.530. The molecule has 0 amide bonds. The van der Waals surface area contributed by atoms with E-state index in [1.165, 1.54) is 64.2 Å². The van der Waals surface area contributed by atoms with E-state index >= 15 is 0 Å². The van der Waals surface area contributed by atoms with Crippen molar-refractivity contribution >= 4 is 5.97 Å². The summed E-state index contributed by atoms with van der Waals surface area (Å²) in [7, 11) is 0. The van der Waals surface area contributed by atoms with Crippen LogP contribution in [0, 0.1) is 81.8 Å². The molecule has 0 heterocycles. The summed E-state index contributed by atoms with van der Waals surface area (Å²) in [6.45, 7) is 15.1. The van der Waals surface area contributed by atoms with Crippen LogP contribution in [-0.4, -0.2) is 11.6 Å². The molecule has 0 aromatic rings. The molecular weight excluding hydrogens is 428 g/mol. The van der Waals surface area contributed by atoms with Gasteiger partial charge in [0.2, 0.25) is 0 Å². The fraction of sp³-hybridized carbons (Fsp3) is 0.970. The van der Waals surface area contributed by atoms with Crippen molar-refractivity contribution in [3.05, 3.63) is 0 Å². The number of fused-ring (bicyclic) bond motifs is 9. The fourth-order valence-electron chi connectivity index (χ4n) is 12.9. The van der Waals surface area contributed by atoms with Crippen molar-refractivity contribution in [3.63, 3.8) is 0 Å². The number of ether oxygens (including phenoxy) is 1. The Morgan fingerprint density at radius 3 is 1.74 bits per heavy atom. The van der Waals surface area contributed by atoms with Crippen LogP contribution in [0.3, 0.4) is 0 Å². The topological polar surface area (TPSA) is 26.3 Å². The number of esters is 1. The third-order valence-electron chi connectivity index (χ3n) is 14.2. The number of carbonyl (C=O) groups excluding carboxylic acids is 1. The molecule has 0 aromatic carbocycles. The lowest BCUT2D eigenvalue weighted by Crippen LogP contribution is -2.54. The van der Waals surface area contributed by atoms with Gasteiger partial charge in [-0.3, -0.25) is 4.79 Å². The SMILES string of the molecule is CCC(C)(C)C1C2CC(C3C4CC(CC4C(=O)OC45CC6CC(CC(C6)C4)C5)C23)C1C(C)(C)CC. The molecule has 2 nitrogen and oxygen atoms in total. The van der Waals surface area contributed by atoms with Gasteiger partial charge in [0.15, 0.2) is 0 Å². The van der Waals surface area contributed by atoms with Gasteiger partial charge in [-0.05, 0) is 134 Å². The first-order valence-corrected chi connectivity index (χ1v) is 15.8. The van der Waals surface area contributed by atoms with Crippen LogP contribution in [-0.2, 0) is 9.53 Å². The quantitative estimate of drug-likeness (QED) is 0.283. The standard InChI is InChI=1S/C33H52O2/c1-7-31(3,4)28-24-14-25(29(28)32(5,6)8-2)27-22-12-21(26(24)27)13-23(22)30(34)35-33-15-18-9-19(16-33)11-20(10-18)17-33/h18-29H,7-17H2,1-6H3. The molecule has 8 aliphatic rings. The largest absolute Gasteiger partial charge is 0.459 e. The zero-order valence-corrected chi connectivity index (χ0v) is 23.5. The van der Waals surface area contributed by atoms with Gasteiger partial charge in [-0.1, -0.05) is 54.4 Å². The molecular formula is C33H52O2. The van der Waals surface area contributed by atoms with Crippen molar-refractivity contribution in [1.29, 1.82) is 0 Å². The summed E-state index contributed by atoms with van der Waals surface area (Å²) in [6.07, 6.45) is 14.3. The van der Waals surface area contributed by atoms with E-state index in [0.29, 0.717) is 16.7 Å². The normalized spacial score (nSPS) is 53.4. The van der Waals surface area contributed by atoms with E-state index in [1.807, 2.05) is 0 Å². The van der Waals surface area contributed by atoms with E-state index in [0.717, 1.165) is 65.6 Å². The molecule has 2 heteroatoms. The van der Waals surface area contributed by atoms with Gasteiger partial charge in [0.1, 0.15) is 5.60 Å². The van der Waals surface area contributed by atoms with Gasteiger partial charge in [0.25, 0.3) is 0 Å². The molecule has 35 heavy (non-hydrogen) atoms. The molecule has 0 aliphatic heterocycles. The monoisotopic (exact) mass is 480 g/mol. The van der Waals surface area contributed by atoms with Gasteiger partial charge in [-0.2, -0.15) is 0 Å². The second-order valence-corrected chi connectivity index (χ2v) is 16.5. The first-order valence-electron chi connectivity index (χ1n) is 15.8. The van der Waals surface area contributed by atoms with E-state index < -0.39 is 0 Å². The Morgan fingerprint density at radius 1 is 0.714 bits per heavy atom. The van der Waals surface area contributed by atoms with Crippen molar-refractivity contribution in [1.82, 2.24) is 0 Å². The summed E-state index contributed by atoms with van der Waals surface area (Å²) in [6, 6.07) is 0. The highest BCUT2D eigenvalue weighted by Crippen LogP contribution is 2.76. The molecule has 9 atom stereocenters. The molecule has 8 bridgehead atoms. The van der Waals surface area contributed by atoms with Gasteiger partial charge >= 0.3 is 5.97 Å². The van der Waals surface area contributed by atoms with Crippen molar-refractivity contribution in [2.24, 2.45) is 81.8 Å². The van der Waals surface area contributed by atoms with Crippen LogP contribution in [0.1, 0.15) is 112 Å². The third kappa shape index (κ3) is 3.22. The van der Waals surface area contributed by atoms with E-state index in [1.54, 1.807) is 0 Å². The van der Waals surface area contributed by atoms with Crippen LogP contribution in [0.2, 0.25) is 0 Å². The lowest BCUT2D eigenvalue weighted by atomic mass is 9.50. The fourth-order valence-corrected chi connectivity index (χ4v) is 12.9. The molecule has 196 valence electrons. The minimum atomic E-state index is -0.0647. The maximum Gasteiger partial charge on any atom is 0.309 e. The molecule has 0 spiro atoms. The summed E-state index contributed by atoms with van der Waals surface area (Å²) in [5, 5.41) is 0. The van der Waals surface area contributed by atoms with Crippen molar-refractivity contribution in [3.8, 4) is 0 Å². The second-order valence-electron chi connectivity index (χ2n) is 16.5. The first kappa shape index (κ1) is 23.6. The molecule has 0 aromatic heterocycles. The average Bonchev–Trinajstić information content (AvgIpc) is 3.55. The number of hydrogen-bond donors (Lipinski definition) is 0. The van der Waals surface area contributed by atoms with Gasteiger partial charge in [-0.15, -0.1) is 0 Å². The maximum absolute atomic E-state index is 13.9. The molecule has 0 N–H and O–H groups in total. The molecule has 9 unspecified atom stereocenters. The zero-order valence-electron chi connectivity index (χ0n) is 23.5. The maximum atomic E-state index is 13.9. The minimum Gasteiger partial charge on any atom is -0.459 e. The van der Waals surface area contributed by atoms with Crippen LogP contribution in [0.15, 0.2) is 0 Å². The highest BCUT2D eigenvalue weighted by molar-refractivity contribution is 5.74. The van der Waals surface area contributed by atoms with Gasteiger partial charge < -0.3 is 4.74 Å². The average molecular weight is 481 g/mol. The molecule has 0 radical (unpaired) electrons. The van der Waals surface area contributed by atoms with Gasteiger partial charge in [0, 0.05) is 0 Å². The van der Waals surface area contributed by atoms with Crippen LogP contribution in [0.25, 0.3) is 0 Å². The third-order valence-corrected chi connectivity index (χ3v) is 14.2. The predicted octanol–water partition coefficient (Wildman–Crippen LogP) is 8.14. The summed E-state index contributed by atoms with van der Waals surface area (Å²) in [5.41, 5.74) is 0.767. The highest BCUT2D eigenvalue weighted by atomic mass is 16.6. The Kier molecular flexibility index (Phi) is 5.07. The lowest BCUT2D eigenvalue weighted by molar-refractivity contribution is -0.194. The Morgan fingerprint density at radius 2 is 1.23 bits per heavy atom. The molecule has 8 rings (SSSR count). The van der Waals surface area contributed by atoms with Crippen molar-refractivity contribution in [2.75, 3.05) is 0 Å². The summed E-state index contributed by atoms with van der Waals surface area (Å²) >= 11 is 0. The summed E-state index contributed by atoms with van der Waals surface area (Å²) in [5.74, 6) is 9.61. The Labute approximate surface area is 215 Å². The van der Waals surface area contributed by atoms with Crippen molar-refractivity contribution in [2.45, 2.75) is 118 Å². The molecule has 8 aliphatic carbocycles. The second kappa shape index (κ2) is 7.53. The molecule has 8 saturated carbocycles. The van der Waals surface area contributed by atoms with Gasteiger partial charge in [-0.25, -0.2) is 0 Å². The van der Waals surface area contributed by atoms with E-state index in [9.17, 15) is 4.79 Å². The minimum absolute atomic E-state index is 0.0647. The van der Waals surface area contributed by atoms with Crippen LogP contribution >= 0.6 is 0 Å². The van der Waals surface area contributed by atoms with Crippen LogP contribution < -0.4 is 0 Å². The Balaban J connectivity index is 1.13. The summed E-state index contributed by atoms with van der Waals surface area (Å²) < 4.78 is 6.68. The number of rotatable bonds is 6. The van der Waals surface area contributed by atoms with Gasteiger partial charge in [0.05, 0.1) is 5.92 Å². The number of hydrogen-bond acceptors (Lipinski definition) is 2. The lowest BCUT2D eigenvalue weighted by Gasteiger charge is -2.56. The smallest absolute Gasteiger partial charge is 0.309 e. The number of carbonyl (C=O) groups is 1. The molecule has 8 fully saturated rings. The van der Waals surface area contributed by atoms with Crippen LogP contribution in [0.5, 0.6) is 0 Å². The van der Waals surface area contributed by atoms with E-state index in [4.69, 9.17) is 4.74 Å². The van der Waals surface area contributed by atoms with Crippen molar-refractivity contribution < 1.29 is 9.53 Å². The predicted molar refractivity (Wildman–Crippen MR) is 140 cm³/mol. The highest BCUT2D eigenvalue weighted by Gasteiger charge is 2.71. The van der Waals surface area contributed by atoms with E-state index in [-0.39, 0.29) is 17.5 Å². The Bertz CT molecular complexity index is 848.